The van der Waals surface area contributed by atoms with Crippen LogP contribution in [-0.4, -0.2) is 35.1 Å². The van der Waals surface area contributed by atoms with E-state index >= 15 is 0 Å². The van der Waals surface area contributed by atoms with Gasteiger partial charge in [0.05, 0.1) is 41.2 Å². The van der Waals surface area contributed by atoms with Crippen molar-refractivity contribution in [2.24, 2.45) is 0 Å². The molecule has 12 heteroatoms. The molecule has 3 aromatic rings. The number of carbonyl (C=O) groups is 1. The van der Waals surface area contributed by atoms with Gasteiger partial charge in [0.15, 0.2) is 11.5 Å². The summed E-state index contributed by atoms with van der Waals surface area (Å²) in [7, 11) is 2.77. The Bertz CT molecular complexity index is 1120. The summed E-state index contributed by atoms with van der Waals surface area (Å²) in [4.78, 5) is 23.5. The van der Waals surface area contributed by atoms with Crippen LogP contribution in [0.1, 0.15) is 16.2 Å². The molecule has 0 unspecified atom stereocenters. The topological polar surface area (TPSA) is 86.2 Å². The Morgan fingerprint density at radius 3 is 2.26 bits per heavy atom. The minimum absolute atomic E-state index is 0.0429. The molecule has 0 aliphatic rings. The molecule has 0 atom stereocenters. The van der Waals surface area contributed by atoms with Gasteiger partial charge in [0.1, 0.15) is 0 Å². The lowest BCUT2D eigenvalue weighted by atomic mass is 10.1. The number of hydrogen-bond acceptors (Lipinski definition) is 6. The predicted octanol–water partition coefficient (Wildman–Crippen LogP) is 5.13. The van der Waals surface area contributed by atoms with Crippen LogP contribution in [0, 0.1) is 0 Å². The number of alkyl halides is 3. The van der Waals surface area contributed by atoms with E-state index in [9.17, 15) is 18.0 Å². The van der Waals surface area contributed by atoms with E-state index in [4.69, 9.17) is 32.7 Å². The predicted molar refractivity (Wildman–Crippen MR) is 108 cm³/mol. The van der Waals surface area contributed by atoms with Gasteiger partial charge in [-0.2, -0.15) is 13.2 Å². The number of benzene rings is 1. The van der Waals surface area contributed by atoms with Crippen molar-refractivity contribution < 1.29 is 27.4 Å². The van der Waals surface area contributed by atoms with Gasteiger partial charge >= 0.3 is 6.18 Å². The van der Waals surface area contributed by atoms with Crippen LogP contribution in [0.2, 0.25) is 10.0 Å². The molecule has 0 aliphatic heterocycles. The Labute approximate surface area is 184 Å². The molecule has 0 saturated heterocycles. The highest BCUT2D eigenvalue weighted by Gasteiger charge is 2.36. The summed E-state index contributed by atoms with van der Waals surface area (Å²) in [5.41, 5.74) is -0.310. The summed E-state index contributed by atoms with van der Waals surface area (Å²) in [6, 6.07) is 4.30. The third-order valence-corrected chi connectivity index (χ3v) is 4.61. The summed E-state index contributed by atoms with van der Waals surface area (Å²) in [6.07, 6.45) is -1.54. The molecular weight excluding hydrogens is 460 g/mol. The molecule has 7 nitrogen and oxygen atoms in total. The number of aromatic nitrogens is 3. The molecule has 0 spiro atoms. The fraction of sp³-hybridized carbons (Fsp3) is 0.158. The summed E-state index contributed by atoms with van der Waals surface area (Å²) < 4.78 is 50.0. The Hall–Kier alpha value is -3.11. The van der Waals surface area contributed by atoms with Gasteiger partial charge in [-0.15, -0.1) is 0 Å². The first-order valence-electron chi connectivity index (χ1n) is 8.42. The quantitative estimate of drug-likeness (QED) is 0.553. The highest BCUT2D eigenvalue weighted by molar-refractivity contribution is 6.39. The molecule has 162 valence electrons. The molecule has 1 amide bonds. The SMILES string of the molecule is COc1ccc(-c2nc(C(F)(F)F)ncc2C(=O)Nc2c(Cl)cncc2Cl)cc1OC. The van der Waals surface area contributed by atoms with E-state index in [1.807, 2.05) is 0 Å². The fourth-order valence-corrected chi connectivity index (χ4v) is 3.06. The third-order valence-electron chi connectivity index (χ3n) is 4.04. The zero-order valence-corrected chi connectivity index (χ0v) is 17.4. The lowest BCUT2D eigenvalue weighted by molar-refractivity contribution is -0.144. The largest absolute Gasteiger partial charge is 0.493 e. The van der Waals surface area contributed by atoms with Crippen molar-refractivity contribution in [3.05, 3.63) is 58.2 Å². The van der Waals surface area contributed by atoms with Crippen molar-refractivity contribution in [2.45, 2.75) is 6.18 Å². The standard InChI is InChI=1S/C19H13Cl2F3N4O3/c1-30-13-4-3-9(5-14(13)31-2)15-10(6-26-18(28-15)19(22,23)24)17(29)27-16-11(20)7-25-8-12(16)21/h3-8H,1-2H3,(H,25,27,29). The molecule has 0 radical (unpaired) electrons. The number of nitrogens with one attached hydrogen (secondary N) is 1. The van der Waals surface area contributed by atoms with E-state index in [-0.39, 0.29) is 38.3 Å². The van der Waals surface area contributed by atoms with Gasteiger partial charge in [0.2, 0.25) is 5.82 Å². The first-order valence-corrected chi connectivity index (χ1v) is 9.18. The summed E-state index contributed by atoms with van der Waals surface area (Å²) >= 11 is 12.0. The highest BCUT2D eigenvalue weighted by atomic mass is 35.5. The number of amides is 1. The second-order valence-electron chi connectivity index (χ2n) is 5.96. The normalized spacial score (nSPS) is 11.2. The molecular formula is C19H13Cl2F3N4O3. The van der Waals surface area contributed by atoms with E-state index in [0.29, 0.717) is 5.75 Å². The lowest BCUT2D eigenvalue weighted by Crippen LogP contribution is -2.18. The number of ether oxygens (including phenoxy) is 2. The number of anilines is 1. The van der Waals surface area contributed by atoms with Crippen molar-refractivity contribution in [1.82, 2.24) is 15.0 Å². The number of hydrogen-bond donors (Lipinski definition) is 1. The maximum atomic E-state index is 13.2. The van der Waals surface area contributed by atoms with Crippen molar-refractivity contribution in [3.8, 4) is 22.8 Å². The number of carbonyl (C=O) groups excluding carboxylic acids is 1. The number of nitrogens with zero attached hydrogens (tertiary/aromatic N) is 3. The van der Waals surface area contributed by atoms with Crippen molar-refractivity contribution in [2.75, 3.05) is 19.5 Å². The minimum atomic E-state index is -4.82. The third kappa shape index (κ3) is 4.80. The fourth-order valence-electron chi connectivity index (χ4n) is 2.60. The summed E-state index contributed by atoms with van der Waals surface area (Å²) in [5.74, 6) is -1.65. The van der Waals surface area contributed by atoms with E-state index in [1.165, 1.54) is 44.8 Å². The molecule has 0 fully saturated rings. The molecule has 2 heterocycles. The van der Waals surface area contributed by atoms with Crippen LogP contribution < -0.4 is 14.8 Å². The summed E-state index contributed by atoms with van der Waals surface area (Å²) in [5, 5.41) is 2.54. The molecule has 0 saturated carbocycles. The second-order valence-corrected chi connectivity index (χ2v) is 6.77. The van der Waals surface area contributed by atoms with Crippen molar-refractivity contribution >= 4 is 34.8 Å². The molecule has 3 rings (SSSR count). The van der Waals surface area contributed by atoms with E-state index < -0.39 is 17.9 Å². The monoisotopic (exact) mass is 472 g/mol. The number of methoxy groups -OCH3 is 2. The second kappa shape index (κ2) is 8.94. The van der Waals surface area contributed by atoms with Crippen molar-refractivity contribution in [3.63, 3.8) is 0 Å². The first kappa shape index (κ1) is 22.6. The van der Waals surface area contributed by atoms with E-state index in [0.717, 1.165) is 6.20 Å². The zero-order valence-electron chi connectivity index (χ0n) is 15.9. The van der Waals surface area contributed by atoms with E-state index in [2.05, 4.69) is 20.3 Å². The van der Waals surface area contributed by atoms with Gasteiger partial charge in [0.25, 0.3) is 5.91 Å². The van der Waals surface area contributed by atoms with Crippen LogP contribution >= 0.6 is 23.2 Å². The maximum absolute atomic E-state index is 13.2. The number of rotatable bonds is 5. The van der Waals surface area contributed by atoms with Crippen LogP contribution in [0.5, 0.6) is 11.5 Å². The van der Waals surface area contributed by atoms with Crippen LogP contribution in [-0.2, 0) is 6.18 Å². The Morgan fingerprint density at radius 1 is 1.03 bits per heavy atom. The average molecular weight is 473 g/mol. The Kier molecular flexibility index (Phi) is 6.51. The van der Waals surface area contributed by atoms with Gasteiger partial charge in [-0.05, 0) is 18.2 Å². The average Bonchev–Trinajstić information content (AvgIpc) is 2.74. The lowest BCUT2D eigenvalue weighted by Gasteiger charge is -2.14. The highest BCUT2D eigenvalue weighted by Crippen LogP contribution is 2.35. The molecule has 0 bridgehead atoms. The zero-order chi connectivity index (χ0) is 22.8. The van der Waals surface area contributed by atoms with Gasteiger partial charge < -0.3 is 14.8 Å². The molecule has 1 aromatic carbocycles. The van der Waals surface area contributed by atoms with Crippen LogP contribution in [0.4, 0.5) is 18.9 Å². The van der Waals surface area contributed by atoms with E-state index in [1.54, 1.807) is 0 Å². The number of pyridine rings is 1. The van der Waals surface area contributed by atoms with Crippen molar-refractivity contribution in [1.29, 1.82) is 0 Å². The first-order chi connectivity index (χ1) is 14.7. The van der Waals surface area contributed by atoms with Gasteiger partial charge in [0, 0.05) is 24.2 Å². The molecule has 31 heavy (non-hydrogen) atoms. The Morgan fingerprint density at radius 2 is 1.68 bits per heavy atom. The minimum Gasteiger partial charge on any atom is -0.493 e. The van der Waals surface area contributed by atoms with Gasteiger partial charge in [-0.1, -0.05) is 23.2 Å². The van der Waals surface area contributed by atoms with Gasteiger partial charge in [-0.3, -0.25) is 9.78 Å². The number of halogens is 5. The smallest absolute Gasteiger partial charge is 0.451 e. The van der Waals surface area contributed by atoms with Crippen LogP contribution in [0.25, 0.3) is 11.3 Å². The molecule has 1 N–H and O–H groups in total. The van der Waals surface area contributed by atoms with Gasteiger partial charge in [-0.25, -0.2) is 9.97 Å². The van der Waals surface area contributed by atoms with Crippen LogP contribution in [0.15, 0.2) is 36.8 Å². The molecule has 2 aromatic heterocycles. The Balaban J connectivity index is 2.14. The maximum Gasteiger partial charge on any atom is 0.451 e. The molecule has 0 aliphatic carbocycles. The summed E-state index contributed by atoms with van der Waals surface area (Å²) in [6.45, 7) is 0. The van der Waals surface area contributed by atoms with Crippen LogP contribution in [0.3, 0.4) is 0 Å².